The maximum absolute atomic E-state index is 8.52. The van der Waals surface area contributed by atoms with Gasteiger partial charge in [0.1, 0.15) is 0 Å². The van der Waals surface area contributed by atoms with Crippen LogP contribution in [0.4, 0.5) is 0 Å². The molecule has 0 aliphatic heterocycles. The Morgan fingerprint density at radius 1 is 1.37 bits per heavy atom. The number of hydrogen-bond acceptors (Lipinski definition) is 4. The van der Waals surface area contributed by atoms with E-state index in [-0.39, 0.29) is 0 Å². The predicted octanol–water partition coefficient (Wildman–Crippen LogP) is 2.88. The standard InChI is InChI=1S/C15H22N2O2/c1-12(2)17-11-13-7-6-8-14(18-3)15(13)19-10-5-4-9-16/h6-8,12,17H,4-5,10-11H2,1-3H3. The lowest BCUT2D eigenvalue weighted by molar-refractivity contribution is 0.286. The van der Waals surface area contributed by atoms with Gasteiger partial charge in [-0.05, 0) is 12.5 Å². The summed E-state index contributed by atoms with van der Waals surface area (Å²) in [5.41, 5.74) is 1.07. The van der Waals surface area contributed by atoms with Crippen LogP contribution in [0, 0.1) is 11.3 Å². The Morgan fingerprint density at radius 2 is 2.16 bits per heavy atom. The largest absolute Gasteiger partial charge is 0.493 e. The van der Waals surface area contributed by atoms with E-state index in [0.29, 0.717) is 19.1 Å². The quantitative estimate of drug-likeness (QED) is 0.732. The van der Waals surface area contributed by atoms with Gasteiger partial charge in [0.15, 0.2) is 11.5 Å². The first-order valence-corrected chi connectivity index (χ1v) is 6.58. The molecule has 0 heterocycles. The Bertz CT molecular complexity index is 425. The maximum atomic E-state index is 8.52. The maximum Gasteiger partial charge on any atom is 0.165 e. The fourth-order valence-corrected chi connectivity index (χ4v) is 1.66. The average molecular weight is 262 g/mol. The highest BCUT2D eigenvalue weighted by molar-refractivity contribution is 5.46. The highest BCUT2D eigenvalue weighted by Crippen LogP contribution is 2.31. The third-order valence-electron chi connectivity index (χ3n) is 2.66. The lowest BCUT2D eigenvalue weighted by atomic mass is 10.1. The van der Waals surface area contributed by atoms with Crippen molar-refractivity contribution in [2.75, 3.05) is 13.7 Å². The number of nitrogens with zero attached hydrogens (tertiary/aromatic N) is 1. The molecule has 0 bridgehead atoms. The highest BCUT2D eigenvalue weighted by atomic mass is 16.5. The van der Waals surface area contributed by atoms with E-state index in [4.69, 9.17) is 14.7 Å². The average Bonchev–Trinajstić information content (AvgIpc) is 2.41. The smallest absolute Gasteiger partial charge is 0.165 e. The number of para-hydroxylation sites is 1. The molecule has 0 radical (unpaired) electrons. The van der Waals surface area contributed by atoms with Crippen LogP contribution in [-0.4, -0.2) is 19.8 Å². The lowest BCUT2D eigenvalue weighted by Crippen LogP contribution is -2.22. The van der Waals surface area contributed by atoms with Crippen LogP contribution in [-0.2, 0) is 6.54 Å². The van der Waals surface area contributed by atoms with Crippen molar-refractivity contribution in [1.29, 1.82) is 5.26 Å². The van der Waals surface area contributed by atoms with Gasteiger partial charge >= 0.3 is 0 Å². The first kappa shape index (κ1) is 15.3. The molecule has 4 nitrogen and oxygen atoms in total. The van der Waals surface area contributed by atoms with Crippen LogP contribution in [0.25, 0.3) is 0 Å². The van der Waals surface area contributed by atoms with Crippen molar-refractivity contribution in [1.82, 2.24) is 5.32 Å². The molecule has 104 valence electrons. The number of hydrogen-bond donors (Lipinski definition) is 1. The van der Waals surface area contributed by atoms with Crippen LogP contribution in [0.15, 0.2) is 18.2 Å². The van der Waals surface area contributed by atoms with Crippen LogP contribution in [0.1, 0.15) is 32.3 Å². The van der Waals surface area contributed by atoms with Crippen molar-refractivity contribution in [3.05, 3.63) is 23.8 Å². The van der Waals surface area contributed by atoms with Gasteiger partial charge < -0.3 is 14.8 Å². The normalized spacial score (nSPS) is 10.3. The third kappa shape index (κ3) is 5.19. The Morgan fingerprint density at radius 3 is 2.79 bits per heavy atom. The second-order valence-electron chi connectivity index (χ2n) is 4.59. The molecule has 0 amide bonds. The Labute approximate surface area is 115 Å². The van der Waals surface area contributed by atoms with Gasteiger partial charge in [-0.1, -0.05) is 26.0 Å². The van der Waals surface area contributed by atoms with E-state index in [1.807, 2.05) is 18.2 Å². The van der Waals surface area contributed by atoms with Gasteiger partial charge in [-0.25, -0.2) is 0 Å². The van der Waals surface area contributed by atoms with Gasteiger partial charge in [0, 0.05) is 24.6 Å². The van der Waals surface area contributed by atoms with Gasteiger partial charge in [-0.15, -0.1) is 0 Å². The monoisotopic (exact) mass is 262 g/mol. The third-order valence-corrected chi connectivity index (χ3v) is 2.66. The van der Waals surface area contributed by atoms with E-state index < -0.39 is 0 Å². The zero-order valence-electron chi connectivity index (χ0n) is 11.9. The molecule has 0 saturated carbocycles. The summed E-state index contributed by atoms with van der Waals surface area (Å²) in [4.78, 5) is 0. The Kier molecular flexibility index (Phi) is 6.76. The number of ether oxygens (including phenoxy) is 2. The fraction of sp³-hybridized carbons (Fsp3) is 0.533. The van der Waals surface area contributed by atoms with Crippen LogP contribution in [0.3, 0.4) is 0 Å². The first-order valence-electron chi connectivity index (χ1n) is 6.58. The molecule has 1 aromatic carbocycles. The van der Waals surface area contributed by atoms with Crippen molar-refractivity contribution in [2.24, 2.45) is 0 Å². The molecule has 0 spiro atoms. The van der Waals surface area contributed by atoms with Crippen molar-refractivity contribution in [2.45, 2.75) is 39.3 Å². The van der Waals surface area contributed by atoms with Gasteiger partial charge in [-0.2, -0.15) is 5.26 Å². The number of nitriles is 1. The second-order valence-corrected chi connectivity index (χ2v) is 4.59. The van der Waals surface area contributed by atoms with Gasteiger partial charge in [0.05, 0.1) is 19.8 Å². The zero-order valence-corrected chi connectivity index (χ0v) is 11.9. The molecule has 1 rings (SSSR count). The van der Waals surface area contributed by atoms with Crippen LogP contribution >= 0.6 is 0 Å². The lowest BCUT2D eigenvalue weighted by Gasteiger charge is -2.16. The van der Waals surface area contributed by atoms with Crippen molar-refractivity contribution in [3.8, 4) is 17.6 Å². The molecule has 0 aliphatic rings. The van der Waals surface area contributed by atoms with Gasteiger partial charge in [-0.3, -0.25) is 0 Å². The topological polar surface area (TPSA) is 54.3 Å². The number of benzene rings is 1. The fourth-order valence-electron chi connectivity index (χ4n) is 1.66. The second kappa shape index (κ2) is 8.39. The highest BCUT2D eigenvalue weighted by Gasteiger charge is 2.10. The number of methoxy groups -OCH3 is 1. The number of unbranched alkanes of at least 4 members (excludes halogenated alkanes) is 1. The molecule has 0 atom stereocenters. The van der Waals surface area contributed by atoms with E-state index in [0.717, 1.165) is 30.0 Å². The molecule has 4 heteroatoms. The summed E-state index contributed by atoms with van der Waals surface area (Å²) in [6.07, 6.45) is 1.24. The molecule has 0 saturated heterocycles. The Hall–Kier alpha value is -1.73. The zero-order chi connectivity index (χ0) is 14.1. The number of nitrogens with one attached hydrogen (secondary N) is 1. The molecule has 1 aromatic rings. The minimum Gasteiger partial charge on any atom is -0.493 e. The molecule has 1 N–H and O–H groups in total. The van der Waals surface area contributed by atoms with E-state index in [9.17, 15) is 0 Å². The van der Waals surface area contributed by atoms with Crippen molar-refractivity contribution in [3.63, 3.8) is 0 Å². The van der Waals surface area contributed by atoms with Crippen LogP contribution in [0.5, 0.6) is 11.5 Å². The summed E-state index contributed by atoms with van der Waals surface area (Å²) >= 11 is 0. The van der Waals surface area contributed by atoms with Crippen molar-refractivity contribution < 1.29 is 9.47 Å². The molecular weight excluding hydrogens is 240 g/mol. The summed E-state index contributed by atoms with van der Waals surface area (Å²) in [6, 6.07) is 8.40. The minimum absolute atomic E-state index is 0.414. The summed E-state index contributed by atoms with van der Waals surface area (Å²) in [5, 5.41) is 11.9. The predicted molar refractivity (Wildman–Crippen MR) is 75.3 cm³/mol. The van der Waals surface area contributed by atoms with Crippen LogP contribution < -0.4 is 14.8 Å². The van der Waals surface area contributed by atoms with E-state index >= 15 is 0 Å². The summed E-state index contributed by atoms with van der Waals surface area (Å²) in [7, 11) is 1.64. The van der Waals surface area contributed by atoms with Crippen molar-refractivity contribution >= 4 is 0 Å². The molecule has 0 aromatic heterocycles. The summed E-state index contributed by atoms with van der Waals surface area (Å²) in [6.45, 7) is 5.48. The molecular formula is C15H22N2O2. The molecule has 0 fully saturated rings. The van der Waals surface area contributed by atoms with Gasteiger partial charge in [0.25, 0.3) is 0 Å². The molecule has 0 unspecified atom stereocenters. The van der Waals surface area contributed by atoms with E-state index in [1.165, 1.54) is 0 Å². The Balaban J connectivity index is 2.75. The SMILES string of the molecule is COc1cccc(CNC(C)C)c1OCCCC#N. The van der Waals surface area contributed by atoms with Gasteiger partial charge in [0.2, 0.25) is 0 Å². The number of rotatable bonds is 8. The molecule has 0 aliphatic carbocycles. The molecule has 19 heavy (non-hydrogen) atoms. The van der Waals surface area contributed by atoms with E-state index in [1.54, 1.807) is 7.11 Å². The van der Waals surface area contributed by atoms with E-state index in [2.05, 4.69) is 25.2 Å². The summed E-state index contributed by atoms with van der Waals surface area (Å²) in [5.74, 6) is 1.51. The first-order chi connectivity index (χ1) is 9.19. The minimum atomic E-state index is 0.414. The van der Waals surface area contributed by atoms with Crippen LogP contribution in [0.2, 0.25) is 0 Å². The summed E-state index contributed by atoms with van der Waals surface area (Å²) < 4.78 is 11.1.